The van der Waals surface area contributed by atoms with Crippen LogP contribution in [0.5, 0.6) is 6.01 Å². The lowest BCUT2D eigenvalue weighted by atomic mass is 9.98. The van der Waals surface area contributed by atoms with E-state index in [1.54, 1.807) is 18.5 Å². The van der Waals surface area contributed by atoms with E-state index in [-0.39, 0.29) is 11.7 Å². The van der Waals surface area contributed by atoms with E-state index in [4.69, 9.17) is 9.47 Å². The molecular formula is C16H21N5O2. The molecule has 0 aromatic carbocycles. The van der Waals surface area contributed by atoms with Crippen molar-refractivity contribution in [2.24, 2.45) is 7.05 Å². The fourth-order valence-electron chi connectivity index (χ4n) is 3.53. The Kier molecular flexibility index (Phi) is 3.74. The second-order valence-electron chi connectivity index (χ2n) is 6.45. The van der Waals surface area contributed by atoms with Crippen molar-refractivity contribution in [1.82, 2.24) is 24.6 Å². The highest BCUT2D eigenvalue weighted by Gasteiger charge is 2.46. The normalized spacial score (nSPS) is 27.8. The second kappa shape index (κ2) is 5.90. The summed E-state index contributed by atoms with van der Waals surface area (Å²) in [6, 6.07) is 2.22. The Morgan fingerprint density at radius 3 is 3.04 bits per heavy atom. The summed E-state index contributed by atoms with van der Waals surface area (Å²) in [5.41, 5.74) is 1.16. The van der Waals surface area contributed by atoms with Crippen molar-refractivity contribution in [2.45, 2.75) is 31.1 Å². The number of ether oxygens (including phenoxy) is 2. The lowest BCUT2D eigenvalue weighted by Crippen LogP contribution is -2.33. The Bertz CT molecular complexity index is 662. The molecule has 7 nitrogen and oxygen atoms in total. The van der Waals surface area contributed by atoms with Gasteiger partial charge in [0.1, 0.15) is 6.10 Å². The number of likely N-dealkylation sites (tertiary alicyclic amines) is 1. The fraction of sp³-hybridized carbons (Fsp3) is 0.562. The predicted molar refractivity (Wildman–Crippen MR) is 82.9 cm³/mol. The molecule has 1 spiro atoms. The molecule has 0 radical (unpaired) electrons. The van der Waals surface area contributed by atoms with Crippen LogP contribution in [0.2, 0.25) is 0 Å². The quantitative estimate of drug-likeness (QED) is 0.839. The van der Waals surface area contributed by atoms with Gasteiger partial charge >= 0.3 is 6.01 Å². The van der Waals surface area contributed by atoms with E-state index < -0.39 is 0 Å². The summed E-state index contributed by atoms with van der Waals surface area (Å²) < 4.78 is 13.8. The van der Waals surface area contributed by atoms with Crippen LogP contribution in [-0.4, -0.2) is 56.0 Å². The number of hydrogen-bond acceptors (Lipinski definition) is 6. The van der Waals surface area contributed by atoms with Crippen LogP contribution < -0.4 is 4.74 Å². The summed E-state index contributed by atoms with van der Waals surface area (Å²) in [6.07, 6.45) is 9.37. The first kappa shape index (κ1) is 14.6. The number of aromatic nitrogens is 4. The summed E-state index contributed by atoms with van der Waals surface area (Å²) in [7, 11) is 1.95. The van der Waals surface area contributed by atoms with Gasteiger partial charge in [-0.3, -0.25) is 9.58 Å². The Balaban J connectivity index is 1.34. The minimum absolute atomic E-state index is 0.0377. The molecule has 2 aliphatic heterocycles. The van der Waals surface area contributed by atoms with Gasteiger partial charge in [-0.15, -0.1) is 0 Å². The first-order valence-corrected chi connectivity index (χ1v) is 7.98. The molecule has 0 bridgehead atoms. The van der Waals surface area contributed by atoms with Gasteiger partial charge in [-0.25, -0.2) is 9.97 Å². The standard InChI is InChI=1S/C16H21N5O2/c1-20-9-13(8-19-20)10-21-6-3-16(12-21)7-14(11-22-16)23-15-17-4-2-5-18-15/h2,4-5,8-9,14H,3,6-7,10-12H2,1H3. The van der Waals surface area contributed by atoms with E-state index in [1.165, 1.54) is 5.56 Å². The number of nitrogens with zero attached hydrogens (tertiary/aromatic N) is 5. The van der Waals surface area contributed by atoms with Gasteiger partial charge in [-0.2, -0.15) is 5.10 Å². The van der Waals surface area contributed by atoms with Gasteiger partial charge in [0.25, 0.3) is 0 Å². The third-order valence-electron chi connectivity index (χ3n) is 4.55. The van der Waals surface area contributed by atoms with E-state index in [0.717, 1.165) is 32.5 Å². The molecule has 122 valence electrons. The van der Waals surface area contributed by atoms with Crippen molar-refractivity contribution in [1.29, 1.82) is 0 Å². The largest absolute Gasteiger partial charge is 0.458 e. The summed E-state index contributed by atoms with van der Waals surface area (Å²) in [4.78, 5) is 10.7. The number of rotatable bonds is 4. The van der Waals surface area contributed by atoms with Gasteiger partial charge in [0, 0.05) is 57.3 Å². The van der Waals surface area contributed by atoms with E-state index in [2.05, 4.69) is 26.2 Å². The van der Waals surface area contributed by atoms with Crippen LogP contribution in [0.15, 0.2) is 30.9 Å². The Morgan fingerprint density at radius 2 is 2.26 bits per heavy atom. The Morgan fingerprint density at radius 1 is 1.39 bits per heavy atom. The third kappa shape index (κ3) is 3.20. The Labute approximate surface area is 135 Å². The summed E-state index contributed by atoms with van der Waals surface area (Å²) in [6.45, 7) is 3.52. The van der Waals surface area contributed by atoms with Crippen LogP contribution in [-0.2, 0) is 18.3 Å². The molecular weight excluding hydrogens is 294 g/mol. The highest BCUT2D eigenvalue weighted by molar-refractivity contribution is 5.06. The molecule has 0 amide bonds. The van der Waals surface area contributed by atoms with Gasteiger partial charge in [0.15, 0.2) is 0 Å². The predicted octanol–water partition coefficient (Wildman–Crippen LogP) is 1.02. The molecule has 2 unspecified atom stereocenters. The van der Waals surface area contributed by atoms with Crippen molar-refractivity contribution in [3.63, 3.8) is 0 Å². The van der Waals surface area contributed by atoms with Gasteiger partial charge in [0.05, 0.1) is 18.4 Å². The van der Waals surface area contributed by atoms with Gasteiger partial charge in [0.2, 0.25) is 0 Å². The first-order chi connectivity index (χ1) is 11.2. The second-order valence-corrected chi connectivity index (χ2v) is 6.45. The molecule has 0 N–H and O–H groups in total. The molecule has 2 saturated heterocycles. The average Bonchev–Trinajstić information content (AvgIpc) is 3.24. The molecule has 2 aliphatic rings. The number of aryl methyl sites for hydroxylation is 1. The van der Waals surface area contributed by atoms with Crippen LogP contribution in [0, 0.1) is 0 Å². The molecule has 2 fully saturated rings. The minimum atomic E-state index is -0.0817. The zero-order valence-electron chi connectivity index (χ0n) is 13.3. The van der Waals surface area contributed by atoms with E-state index in [1.807, 2.05) is 17.9 Å². The molecule has 23 heavy (non-hydrogen) atoms. The lowest BCUT2D eigenvalue weighted by molar-refractivity contribution is 0.00911. The van der Waals surface area contributed by atoms with E-state index >= 15 is 0 Å². The lowest BCUT2D eigenvalue weighted by Gasteiger charge is -2.23. The van der Waals surface area contributed by atoms with Gasteiger partial charge in [-0.1, -0.05) is 0 Å². The molecule has 7 heteroatoms. The van der Waals surface area contributed by atoms with Crippen LogP contribution in [0.25, 0.3) is 0 Å². The maximum atomic E-state index is 6.12. The SMILES string of the molecule is Cn1cc(CN2CCC3(CC(Oc4ncccn4)CO3)C2)cn1. The van der Waals surface area contributed by atoms with Crippen LogP contribution in [0.3, 0.4) is 0 Å². The summed E-state index contributed by atoms with van der Waals surface area (Å²) in [5.74, 6) is 0. The van der Waals surface area contributed by atoms with Gasteiger partial charge < -0.3 is 9.47 Å². The summed E-state index contributed by atoms with van der Waals surface area (Å²) >= 11 is 0. The van der Waals surface area contributed by atoms with Crippen LogP contribution in [0.4, 0.5) is 0 Å². The third-order valence-corrected chi connectivity index (χ3v) is 4.55. The minimum Gasteiger partial charge on any atom is -0.458 e. The molecule has 4 heterocycles. The zero-order valence-corrected chi connectivity index (χ0v) is 13.3. The highest BCUT2D eigenvalue weighted by Crippen LogP contribution is 2.36. The topological polar surface area (TPSA) is 65.3 Å². The van der Waals surface area contributed by atoms with Crippen molar-refractivity contribution < 1.29 is 9.47 Å². The van der Waals surface area contributed by atoms with E-state index in [0.29, 0.717) is 12.6 Å². The summed E-state index contributed by atoms with van der Waals surface area (Å²) in [5, 5.41) is 4.23. The molecule has 2 aromatic heterocycles. The smallest absolute Gasteiger partial charge is 0.316 e. The molecule has 0 saturated carbocycles. The van der Waals surface area contributed by atoms with Crippen LogP contribution in [0.1, 0.15) is 18.4 Å². The Hall–Kier alpha value is -1.99. The zero-order chi connectivity index (χ0) is 15.7. The molecule has 2 aromatic rings. The maximum Gasteiger partial charge on any atom is 0.316 e. The van der Waals surface area contributed by atoms with Gasteiger partial charge in [-0.05, 0) is 12.5 Å². The van der Waals surface area contributed by atoms with Crippen molar-refractivity contribution >= 4 is 0 Å². The number of hydrogen-bond donors (Lipinski definition) is 0. The van der Waals surface area contributed by atoms with Crippen molar-refractivity contribution in [3.05, 3.63) is 36.4 Å². The van der Waals surface area contributed by atoms with E-state index in [9.17, 15) is 0 Å². The van der Waals surface area contributed by atoms with Crippen molar-refractivity contribution in [3.8, 4) is 6.01 Å². The van der Waals surface area contributed by atoms with Crippen LogP contribution >= 0.6 is 0 Å². The highest BCUT2D eigenvalue weighted by atomic mass is 16.6. The molecule has 0 aliphatic carbocycles. The first-order valence-electron chi connectivity index (χ1n) is 7.98. The maximum absolute atomic E-state index is 6.12. The monoisotopic (exact) mass is 315 g/mol. The molecule has 2 atom stereocenters. The average molecular weight is 315 g/mol. The van der Waals surface area contributed by atoms with Crippen molar-refractivity contribution in [2.75, 3.05) is 19.7 Å². The fourth-order valence-corrected chi connectivity index (χ4v) is 3.53. The molecule has 4 rings (SSSR count).